The lowest BCUT2D eigenvalue weighted by Crippen LogP contribution is -2.26. The van der Waals surface area contributed by atoms with Crippen LogP contribution in [0.4, 0.5) is 0 Å². The fourth-order valence-electron chi connectivity index (χ4n) is 3.74. The van der Waals surface area contributed by atoms with Crippen molar-refractivity contribution in [3.05, 3.63) is 50.6 Å². The first-order chi connectivity index (χ1) is 12.6. The van der Waals surface area contributed by atoms with Crippen molar-refractivity contribution in [3.63, 3.8) is 0 Å². The predicted molar refractivity (Wildman–Crippen MR) is 107 cm³/mol. The summed E-state index contributed by atoms with van der Waals surface area (Å²) in [7, 11) is 1.66. The lowest BCUT2D eigenvalue weighted by atomic mass is 9.89. The molecule has 0 aliphatic heterocycles. The van der Waals surface area contributed by atoms with E-state index < -0.39 is 0 Å². The maximum Gasteiger partial charge on any atom is 0.262 e. The Labute approximate surface area is 157 Å². The van der Waals surface area contributed by atoms with Gasteiger partial charge in [0, 0.05) is 17.6 Å². The van der Waals surface area contributed by atoms with Crippen LogP contribution in [0.25, 0.3) is 21.6 Å². The van der Waals surface area contributed by atoms with Crippen LogP contribution in [0.5, 0.6) is 0 Å². The van der Waals surface area contributed by atoms with Crippen molar-refractivity contribution in [1.29, 1.82) is 0 Å². The molecule has 4 rings (SSSR count). The SMILES string of the molecule is COCCn1c(-c2ccc(C)cc2)nc2sc3c(c2c1=O)CCC(C)C3. The topological polar surface area (TPSA) is 44.1 Å². The molecule has 0 radical (unpaired) electrons. The van der Waals surface area contributed by atoms with Crippen LogP contribution < -0.4 is 5.56 Å². The first kappa shape index (κ1) is 17.4. The molecule has 136 valence electrons. The van der Waals surface area contributed by atoms with Crippen LogP contribution in [0, 0.1) is 12.8 Å². The minimum absolute atomic E-state index is 0.0784. The molecule has 1 aliphatic carbocycles. The molecule has 2 heterocycles. The number of hydrogen-bond acceptors (Lipinski definition) is 4. The van der Waals surface area contributed by atoms with Gasteiger partial charge in [-0.3, -0.25) is 9.36 Å². The van der Waals surface area contributed by atoms with Crippen molar-refractivity contribution in [2.75, 3.05) is 13.7 Å². The number of aryl methyl sites for hydroxylation is 2. The number of benzene rings is 1. The van der Waals surface area contributed by atoms with E-state index >= 15 is 0 Å². The van der Waals surface area contributed by atoms with Gasteiger partial charge in [-0.2, -0.15) is 0 Å². The summed E-state index contributed by atoms with van der Waals surface area (Å²) in [5, 5.41) is 0.837. The summed E-state index contributed by atoms with van der Waals surface area (Å²) in [6.45, 7) is 5.36. The summed E-state index contributed by atoms with van der Waals surface area (Å²) >= 11 is 1.71. The van der Waals surface area contributed by atoms with Crippen molar-refractivity contribution in [2.24, 2.45) is 5.92 Å². The van der Waals surface area contributed by atoms with Crippen molar-refractivity contribution < 1.29 is 4.74 Å². The zero-order valence-corrected chi connectivity index (χ0v) is 16.4. The zero-order chi connectivity index (χ0) is 18.3. The minimum atomic E-state index is 0.0784. The lowest BCUT2D eigenvalue weighted by molar-refractivity contribution is 0.186. The highest BCUT2D eigenvalue weighted by molar-refractivity contribution is 7.18. The molecule has 0 N–H and O–H groups in total. The first-order valence-corrected chi connectivity index (χ1v) is 10.0. The first-order valence-electron chi connectivity index (χ1n) is 9.19. The summed E-state index contributed by atoms with van der Waals surface area (Å²) in [6, 6.07) is 8.21. The molecule has 1 unspecified atom stereocenters. The number of fused-ring (bicyclic) bond motifs is 3. The smallest absolute Gasteiger partial charge is 0.262 e. The number of nitrogens with zero attached hydrogens (tertiary/aromatic N) is 2. The quantitative estimate of drug-likeness (QED) is 0.693. The van der Waals surface area contributed by atoms with Gasteiger partial charge in [0.05, 0.1) is 18.5 Å². The summed E-state index contributed by atoms with van der Waals surface area (Å²) in [6.07, 6.45) is 3.20. The zero-order valence-electron chi connectivity index (χ0n) is 15.5. The van der Waals surface area contributed by atoms with Crippen LogP contribution in [0.2, 0.25) is 0 Å². The van der Waals surface area contributed by atoms with Gasteiger partial charge in [-0.1, -0.05) is 36.8 Å². The standard InChI is InChI=1S/C21H24N2O2S/c1-13-4-7-15(8-5-13)19-22-20-18(21(24)23(19)10-11-25-3)16-9-6-14(2)12-17(16)26-20/h4-5,7-8,14H,6,9-12H2,1-3H3. The van der Waals surface area contributed by atoms with Gasteiger partial charge in [-0.15, -0.1) is 11.3 Å². The number of methoxy groups -OCH3 is 1. The molecule has 1 aliphatic rings. The number of aromatic nitrogens is 2. The van der Waals surface area contributed by atoms with E-state index in [0.29, 0.717) is 19.1 Å². The fourth-order valence-corrected chi connectivity index (χ4v) is 5.11. The molecule has 1 aromatic carbocycles. The van der Waals surface area contributed by atoms with Gasteiger partial charge in [0.25, 0.3) is 5.56 Å². The highest BCUT2D eigenvalue weighted by Crippen LogP contribution is 2.36. The Morgan fingerprint density at radius 3 is 2.81 bits per heavy atom. The Hall–Kier alpha value is -1.98. The summed E-state index contributed by atoms with van der Waals surface area (Å²) in [5.41, 5.74) is 3.49. The average molecular weight is 369 g/mol. The normalized spacial score (nSPS) is 16.8. The molecule has 5 heteroatoms. The monoisotopic (exact) mass is 368 g/mol. The molecule has 0 saturated heterocycles. The van der Waals surface area contributed by atoms with Gasteiger partial charge >= 0.3 is 0 Å². The second-order valence-corrected chi connectivity index (χ2v) is 8.37. The molecule has 3 aromatic rings. The van der Waals surface area contributed by atoms with Gasteiger partial charge in [0.2, 0.25) is 0 Å². The second-order valence-electron chi connectivity index (χ2n) is 7.28. The molecule has 0 fully saturated rings. The van der Waals surface area contributed by atoms with Crippen molar-refractivity contribution in [1.82, 2.24) is 9.55 Å². The number of ether oxygens (including phenoxy) is 1. The Morgan fingerprint density at radius 1 is 1.31 bits per heavy atom. The van der Waals surface area contributed by atoms with Crippen molar-refractivity contribution in [2.45, 2.75) is 39.7 Å². The number of rotatable bonds is 4. The van der Waals surface area contributed by atoms with E-state index in [0.717, 1.165) is 40.9 Å². The third-order valence-electron chi connectivity index (χ3n) is 5.24. The Balaban J connectivity index is 1.95. The molecule has 1 atom stereocenters. The molecule has 4 nitrogen and oxygen atoms in total. The van der Waals surface area contributed by atoms with E-state index in [2.05, 4.69) is 26.0 Å². The Kier molecular flexibility index (Phi) is 4.67. The largest absolute Gasteiger partial charge is 0.383 e. The van der Waals surface area contributed by atoms with E-state index in [-0.39, 0.29) is 5.56 Å². The van der Waals surface area contributed by atoms with Crippen LogP contribution in [0.1, 0.15) is 29.3 Å². The van der Waals surface area contributed by atoms with Crippen LogP contribution >= 0.6 is 11.3 Å². The third-order valence-corrected chi connectivity index (χ3v) is 6.39. The molecular formula is C21H24N2O2S. The van der Waals surface area contributed by atoms with Crippen LogP contribution in [-0.4, -0.2) is 23.3 Å². The Morgan fingerprint density at radius 2 is 2.08 bits per heavy atom. The molecule has 2 aromatic heterocycles. The summed E-state index contributed by atoms with van der Waals surface area (Å²) < 4.78 is 7.04. The molecular weight excluding hydrogens is 344 g/mol. The molecule has 26 heavy (non-hydrogen) atoms. The highest BCUT2D eigenvalue weighted by atomic mass is 32.1. The van der Waals surface area contributed by atoms with Gasteiger partial charge in [-0.05, 0) is 37.7 Å². The molecule has 0 amide bonds. The van der Waals surface area contributed by atoms with Gasteiger partial charge in [-0.25, -0.2) is 4.98 Å². The highest BCUT2D eigenvalue weighted by Gasteiger charge is 2.24. The summed E-state index contributed by atoms with van der Waals surface area (Å²) in [4.78, 5) is 20.6. The van der Waals surface area contributed by atoms with E-state index in [4.69, 9.17) is 9.72 Å². The van der Waals surface area contributed by atoms with Crippen LogP contribution in [0.3, 0.4) is 0 Å². The third kappa shape index (κ3) is 2.99. The average Bonchev–Trinajstić information content (AvgIpc) is 2.99. The second kappa shape index (κ2) is 6.97. The maximum atomic E-state index is 13.4. The number of thiophene rings is 1. The van der Waals surface area contributed by atoms with E-state index in [1.807, 2.05) is 12.1 Å². The van der Waals surface area contributed by atoms with Crippen LogP contribution in [0.15, 0.2) is 29.1 Å². The van der Waals surface area contributed by atoms with E-state index in [1.165, 1.54) is 16.0 Å². The minimum Gasteiger partial charge on any atom is -0.383 e. The summed E-state index contributed by atoms with van der Waals surface area (Å²) in [5.74, 6) is 1.43. The predicted octanol–water partition coefficient (Wildman–Crippen LogP) is 4.20. The van der Waals surface area contributed by atoms with Gasteiger partial charge < -0.3 is 4.74 Å². The maximum absolute atomic E-state index is 13.4. The number of hydrogen-bond donors (Lipinski definition) is 0. The van der Waals surface area contributed by atoms with Crippen LogP contribution in [-0.2, 0) is 24.1 Å². The van der Waals surface area contributed by atoms with Crippen molar-refractivity contribution in [3.8, 4) is 11.4 Å². The lowest BCUT2D eigenvalue weighted by Gasteiger charge is -2.18. The fraction of sp³-hybridized carbons (Fsp3) is 0.429. The van der Waals surface area contributed by atoms with Gasteiger partial charge in [0.1, 0.15) is 10.7 Å². The van der Waals surface area contributed by atoms with Gasteiger partial charge in [0.15, 0.2) is 0 Å². The molecule has 0 spiro atoms. The van der Waals surface area contributed by atoms with E-state index in [1.54, 1.807) is 23.0 Å². The Bertz CT molecular complexity index is 1000. The molecule has 0 bridgehead atoms. The van der Waals surface area contributed by atoms with E-state index in [9.17, 15) is 4.79 Å². The molecule has 0 saturated carbocycles. The van der Waals surface area contributed by atoms with Crippen molar-refractivity contribution >= 4 is 21.6 Å².